The summed E-state index contributed by atoms with van der Waals surface area (Å²) >= 11 is 0. The van der Waals surface area contributed by atoms with Crippen molar-refractivity contribution in [1.29, 1.82) is 0 Å². The first kappa shape index (κ1) is 21.2. The summed E-state index contributed by atoms with van der Waals surface area (Å²) in [6.45, 7) is 4.54. The Kier molecular flexibility index (Phi) is 7.32. The topological polar surface area (TPSA) is 85.9 Å². The summed E-state index contributed by atoms with van der Waals surface area (Å²) < 4.78 is 16.8. The Hall–Kier alpha value is -3.48. The number of carbonyl (C=O) groups excluding carboxylic acids is 2. The van der Waals surface area contributed by atoms with Crippen LogP contribution in [0, 0.1) is 0 Å². The summed E-state index contributed by atoms with van der Waals surface area (Å²) in [5.74, 6) is 0.805. The van der Waals surface area contributed by atoms with E-state index in [2.05, 4.69) is 10.6 Å². The highest BCUT2D eigenvalue weighted by Gasteiger charge is 2.33. The van der Waals surface area contributed by atoms with Crippen LogP contribution in [0.2, 0.25) is 0 Å². The molecular formula is C23H26N2O5. The molecule has 0 fully saturated rings. The zero-order chi connectivity index (χ0) is 21.3. The number of carbonyl (C=O) groups is 2. The Balaban J connectivity index is 1.73. The van der Waals surface area contributed by atoms with Crippen LogP contribution in [-0.2, 0) is 9.53 Å². The summed E-state index contributed by atoms with van der Waals surface area (Å²) in [7, 11) is 0. The highest BCUT2D eigenvalue weighted by Crippen LogP contribution is 2.33. The molecule has 0 aromatic heterocycles. The fourth-order valence-corrected chi connectivity index (χ4v) is 3.15. The molecular weight excluding hydrogens is 384 g/mol. The van der Waals surface area contributed by atoms with Crippen molar-refractivity contribution in [3.8, 4) is 11.5 Å². The maximum Gasteiger partial charge on any atom is 0.338 e. The monoisotopic (exact) mass is 410 g/mol. The summed E-state index contributed by atoms with van der Waals surface area (Å²) in [6, 6.07) is 15.6. The molecule has 0 saturated carbocycles. The molecule has 30 heavy (non-hydrogen) atoms. The van der Waals surface area contributed by atoms with E-state index in [0.29, 0.717) is 34.9 Å². The molecule has 1 heterocycles. The molecule has 0 aliphatic carbocycles. The van der Waals surface area contributed by atoms with E-state index < -0.39 is 12.0 Å². The number of hydrogen-bond donors (Lipinski definition) is 2. The van der Waals surface area contributed by atoms with E-state index >= 15 is 0 Å². The van der Waals surface area contributed by atoms with Gasteiger partial charge >= 0.3 is 12.0 Å². The second kappa shape index (κ2) is 10.3. The summed E-state index contributed by atoms with van der Waals surface area (Å²) in [5, 5.41) is 5.45. The Labute approximate surface area is 176 Å². The van der Waals surface area contributed by atoms with Crippen LogP contribution in [-0.4, -0.2) is 31.8 Å². The lowest BCUT2D eigenvalue weighted by Gasteiger charge is -2.29. The molecule has 158 valence electrons. The standard InChI is InChI=1S/C23H26N2O5/c1-3-13-29-19-12-8-7-11-18(19)21-20(16(2)24-23(27)25-21)22(26)30-15-14-28-17-9-5-4-6-10-17/h4-12,21H,3,13-15H2,1-2H3,(H2,24,25,27). The summed E-state index contributed by atoms with van der Waals surface area (Å²) in [4.78, 5) is 25.0. The van der Waals surface area contributed by atoms with E-state index in [9.17, 15) is 9.59 Å². The Bertz CT molecular complexity index is 911. The molecule has 7 heteroatoms. The van der Waals surface area contributed by atoms with Crippen molar-refractivity contribution < 1.29 is 23.8 Å². The van der Waals surface area contributed by atoms with E-state index in [1.54, 1.807) is 6.92 Å². The van der Waals surface area contributed by atoms with Gasteiger partial charge in [0.25, 0.3) is 0 Å². The zero-order valence-electron chi connectivity index (χ0n) is 17.1. The van der Waals surface area contributed by atoms with E-state index in [1.807, 2.05) is 61.5 Å². The Morgan fingerprint density at radius 3 is 2.47 bits per heavy atom. The molecule has 0 spiro atoms. The number of hydrogen-bond acceptors (Lipinski definition) is 5. The third-order valence-electron chi connectivity index (χ3n) is 4.51. The number of para-hydroxylation sites is 2. The predicted molar refractivity (Wildman–Crippen MR) is 112 cm³/mol. The van der Waals surface area contributed by atoms with E-state index in [0.717, 1.165) is 6.42 Å². The number of nitrogens with one attached hydrogen (secondary N) is 2. The van der Waals surface area contributed by atoms with E-state index in [1.165, 1.54) is 0 Å². The van der Waals surface area contributed by atoms with Gasteiger partial charge in [0.2, 0.25) is 0 Å². The van der Waals surface area contributed by atoms with Gasteiger partial charge < -0.3 is 24.8 Å². The number of urea groups is 1. The normalized spacial score (nSPS) is 15.8. The maximum absolute atomic E-state index is 12.9. The van der Waals surface area contributed by atoms with Crippen LogP contribution in [0.4, 0.5) is 4.79 Å². The van der Waals surface area contributed by atoms with Crippen LogP contribution in [0.25, 0.3) is 0 Å². The van der Waals surface area contributed by atoms with Crippen LogP contribution < -0.4 is 20.1 Å². The predicted octanol–water partition coefficient (Wildman–Crippen LogP) is 3.73. The van der Waals surface area contributed by atoms with Crippen molar-refractivity contribution in [1.82, 2.24) is 10.6 Å². The number of ether oxygens (including phenoxy) is 3. The summed E-state index contributed by atoms with van der Waals surface area (Å²) in [5.41, 5.74) is 1.48. The molecule has 7 nitrogen and oxygen atoms in total. The molecule has 3 rings (SSSR count). The molecule has 0 radical (unpaired) electrons. The molecule has 2 aromatic rings. The molecule has 1 atom stereocenters. The number of allylic oxidation sites excluding steroid dienone is 1. The lowest BCUT2D eigenvalue weighted by Crippen LogP contribution is -2.45. The number of esters is 1. The number of benzene rings is 2. The van der Waals surface area contributed by atoms with Crippen molar-refractivity contribution in [3.63, 3.8) is 0 Å². The molecule has 2 amide bonds. The minimum absolute atomic E-state index is 0.0825. The highest BCUT2D eigenvalue weighted by atomic mass is 16.6. The molecule has 1 aliphatic rings. The van der Waals surface area contributed by atoms with Crippen LogP contribution in [0.15, 0.2) is 65.9 Å². The first-order valence-corrected chi connectivity index (χ1v) is 9.95. The van der Waals surface area contributed by atoms with Crippen LogP contribution in [0.5, 0.6) is 11.5 Å². The van der Waals surface area contributed by atoms with Crippen molar-refractivity contribution in [2.24, 2.45) is 0 Å². The lowest BCUT2D eigenvalue weighted by atomic mass is 9.95. The fraction of sp³-hybridized carbons (Fsp3) is 0.304. The minimum atomic E-state index is -0.672. The first-order valence-electron chi connectivity index (χ1n) is 9.95. The molecule has 2 aromatic carbocycles. The van der Waals surface area contributed by atoms with Gasteiger partial charge in [0.15, 0.2) is 0 Å². The quantitative estimate of drug-likeness (QED) is 0.486. The van der Waals surface area contributed by atoms with Gasteiger partial charge in [0.05, 0.1) is 18.2 Å². The Morgan fingerprint density at radius 1 is 0.967 bits per heavy atom. The number of amides is 2. The Morgan fingerprint density at radius 2 is 1.70 bits per heavy atom. The largest absolute Gasteiger partial charge is 0.493 e. The zero-order valence-corrected chi connectivity index (χ0v) is 17.1. The van der Waals surface area contributed by atoms with Gasteiger partial charge in [-0.1, -0.05) is 43.3 Å². The lowest BCUT2D eigenvalue weighted by molar-refractivity contribution is -0.140. The van der Waals surface area contributed by atoms with Gasteiger partial charge in [-0.25, -0.2) is 9.59 Å². The molecule has 1 aliphatic heterocycles. The van der Waals surface area contributed by atoms with Crippen molar-refractivity contribution in [3.05, 3.63) is 71.4 Å². The van der Waals surface area contributed by atoms with Crippen molar-refractivity contribution in [2.45, 2.75) is 26.3 Å². The van der Waals surface area contributed by atoms with Crippen molar-refractivity contribution in [2.75, 3.05) is 19.8 Å². The van der Waals surface area contributed by atoms with Gasteiger partial charge in [-0.2, -0.15) is 0 Å². The molecule has 0 bridgehead atoms. The first-order chi connectivity index (χ1) is 14.6. The van der Waals surface area contributed by atoms with Gasteiger partial charge in [-0.3, -0.25) is 0 Å². The van der Waals surface area contributed by atoms with E-state index in [-0.39, 0.29) is 19.2 Å². The fourth-order valence-electron chi connectivity index (χ4n) is 3.15. The molecule has 1 unspecified atom stereocenters. The van der Waals surface area contributed by atoms with Crippen LogP contribution in [0.1, 0.15) is 31.9 Å². The molecule has 0 saturated heterocycles. The number of rotatable bonds is 9. The second-order valence-corrected chi connectivity index (χ2v) is 6.75. The summed E-state index contributed by atoms with van der Waals surface area (Å²) in [6.07, 6.45) is 0.845. The van der Waals surface area contributed by atoms with Gasteiger partial charge in [0.1, 0.15) is 24.7 Å². The van der Waals surface area contributed by atoms with Crippen LogP contribution in [0.3, 0.4) is 0 Å². The third-order valence-corrected chi connectivity index (χ3v) is 4.51. The average molecular weight is 410 g/mol. The van der Waals surface area contributed by atoms with Gasteiger partial charge in [0, 0.05) is 11.3 Å². The second-order valence-electron chi connectivity index (χ2n) is 6.75. The maximum atomic E-state index is 12.9. The SMILES string of the molecule is CCCOc1ccccc1C1NC(=O)NC(C)=C1C(=O)OCCOc1ccccc1. The van der Waals surface area contributed by atoms with Gasteiger partial charge in [-0.05, 0) is 31.5 Å². The molecule has 2 N–H and O–H groups in total. The average Bonchev–Trinajstić information content (AvgIpc) is 2.75. The smallest absolute Gasteiger partial charge is 0.338 e. The van der Waals surface area contributed by atoms with Gasteiger partial charge in [-0.15, -0.1) is 0 Å². The third kappa shape index (κ3) is 5.31. The van der Waals surface area contributed by atoms with E-state index in [4.69, 9.17) is 14.2 Å². The van der Waals surface area contributed by atoms with Crippen molar-refractivity contribution >= 4 is 12.0 Å². The van der Waals surface area contributed by atoms with Crippen LogP contribution >= 0.6 is 0 Å². The highest BCUT2D eigenvalue weighted by molar-refractivity contribution is 5.95. The minimum Gasteiger partial charge on any atom is -0.493 e.